The number of hydrogen-bond acceptors (Lipinski definition) is 12. The number of nitrogens with zero attached hydrogens (tertiary/aromatic N) is 3. The molecule has 17 heteroatoms. The standard InChI is InChI=1S/C48H60FN5O11/c1-7-48(63)36-21-39-42-31(23-54(39)46(61)35(36)24-65-47(48)62)20-34-33(29(5)37(49)22-38(34)52-42)14-10-12-16-64-25-50-43(58)27(3)18-40(56)30(6)51-44(59)26(2)17-32(55)13-9-8-11-15-53-41(57)19-28(4)45(53)60/h20-22,26-28,30,63H,7-19,23-25H2,1-6H3,(H,50,58)(H,51,59)/t26-,27-,28?,30+,48+/m1/s1. The quantitative estimate of drug-likeness (QED) is 0.0427. The van der Waals surface area contributed by atoms with Gasteiger partial charge >= 0.3 is 5.97 Å². The van der Waals surface area contributed by atoms with E-state index in [2.05, 4.69) is 10.6 Å². The second kappa shape index (κ2) is 20.7. The number of likely N-dealkylation sites (tertiary alicyclic amines) is 1. The number of aryl methyl sites for hydroxylation is 1. The molecule has 65 heavy (non-hydrogen) atoms. The minimum atomic E-state index is -1.95. The number of ketones is 2. The Morgan fingerprint density at radius 2 is 1.74 bits per heavy atom. The van der Waals surface area contributed by atoms with Gasteiger partial charge in [0, 0.05) is 79.2 Å². The number of hydrogen-bond donors (Lipinski definition) is 3. The van der Waals surface area contributed by atoms with Crippen LogP contribution in [0.3, 0.4) is 0 Å². The van der Waals surface area contributed by atoms with Gasteiger partial charge in [0.2, 0.25) is 23.6 Å². The first-order valence-corrected chi connectivity index (χ1v) is 22.7. The van der Waals surface area contributed by atoms with E-state index in [1.165, 1.54) is 15.5 Å². The maximum atomic E-state index is 15.3. The number of imide groups is 1. The Morgan fingerprint density at radius 3 is 2.45 bits per heavy atom. The van der Waals surface area contributed by atoms with Crippen molar-refractivity contribution in [3.8, 4) is 11.4 Å². The van der Waals surface area contributed by atoms with Crippen LogP contribution < -0.4 is 16.2 Å². The molecule has 1 aromatic carbocycles. The van der Waals surface area contributed by atoms with Crippen molar-refractivity contribution in [1.29, 1.82) is 0 Å². The molecule has 3 N–H and O–H groups in total. The minimum Gasteiger partial charge on any atom is -0.458 e. The van der Waals surface area contributed by atoms with E-state index >= 15 is 4.39 Å². The molecule has 5 heterocycles. The van der Waals surface area contributed by atoms with Crippen molar-refractivity contribution < 1.29 is 52.5 Å². The van der Waals surface area contributed by atoms with Crippen LogP contribution in [0.25, 0.3) is 22.3 Å². The zero-order valence-corrected chi connectivity index (χ0v) is 38.1. The summed E-state index contributed by atoms with van der Waals surface area (Å²) in [5.74, 6) is -4.41. The number of Topliss-reactive ketones (excluding diaryl/α,β-unsaturated/α-hetero) is 2. The zero-order chi connectivity index (χ0) is 47.3. The molecule has 16 nitrogen and oxygen atoms in total. The monoisotopic (exact) mass is 901 g/mol. The van der Waals surface area contributed by atoms with Crippen LogP contribution in [0, 0.1) is 30.5 Å². The molecular weight excluding hydrogens is 842 g/mol. The van der Waals surface area contributed by atoms with Crippen LogP contribution in [0.2, 0.25) is 0 Å². The first kappa shape index (κ1) is 48.8. The molecule has 4 amide bonds. The molecule has 6 rings (SSSR count). The third-order valence-electron chi connectivity index (χ3n) is 13.0. The lowest BCUT2D eigenvalue weighted by atomic mass is 9.86. The Bertz CT molecular complexity index is 2470. The molecule has 0 aliphatic carbocycles. The molecule has 3 aromatic rings. The van der Waals surface area contributed by atoms with Gasteiger partial charge in [-0.25, -0.2) is 14.2 Å². The number of carbonyl (C=O) groups is 7. The van der Waals surface area contributed by atoms with Crippen LogP contribution >= 0.6 is 0 Å². The van der Waals surface area contributed by atoms with Gasteiger partial charge in [-0.15, -0.1) is 0 Å². The average molecular weight is 902 g/mol. The largest absolute Gasteiger partial charge is 0.458 e. The van der Waals surface area contributed by atoms with Gasteiger partial charge in [0.05, 0.1) is 35.1 Å². The summed E-state index contributed by atoms with van der Waals surface area (Å²) in [5.41, 5.74) is 1.48. The first-order chi connectivity index (χ1) is 30.9. The Hall–Kier alpha value is -5.68. The lowest BCUT2D eigenvalue weighted by Gasteiger charge is -2.31. The molecule has 1 unspecified atom stereocenters. The summed E-state index contributed by atoms with van der Waals surface area (Å²) in [4.78, 5) is 107. The topological polar surface area (TPSA) is 220 Å². The second-order valence-electron chi connectivity index (χ2n) is 17.9. The number of esters is 1. The number of rotatable bonds is 22. The van der Waals surface area contributed by atoms with Crippen molar-refractivity contribution in [3.05, 3.63) is 62.2 Å². The number of aliphatic hydroxyl groups is 1. The number of pyridine rings is 2. The molecule has 5 atom stereocenters. The van der Waals surface area contributed by atoms with Crippen LogP contribution in [0.15, 0.2) is 23.0 Å². The number of nitrogens with one attached hydrogen (secondary N) is 2. The summed E-state index contributed by atoms with van der Waals surface area (Å²) in [5, 5.41) is 17.3. The molecule has 0 saturated carbocycles. The lowest BCUT2D eigenvalue weighted by molar-refractivity contribution is -0.172. The van der Waals surface area contributed by atoms with Crippen molar-refractivity contribution in [2.75, 3.05) is 19.9 Å². The molecule has 0 bridgehead atoms. The molecule has 3 aliphatic heterocycles. The highest BCUT2D eigenvalue weighted by molar-refractivity contribution is 6.03. The number of fused-ring (bicyclic) bond motifs is 5. The Morgan fingerprint density at radius 1 is 1.00 bits per heavy atom. The molecular formula is C48H60FN5O11. The van der Waals surface area contributed by atoms with E-state index in [4.69, 9.17) is 14.5 Å². The molecule has 0 spiro atoms. The smallest absolute Gasteiger partial charge is 0.343 e. The fourth-order valence-electron chi connectivity index (χ4n) is 8.85. The fraction of sp³-hybridized carbons (Fsp3) is 0.562. The van der Waals surface area contributed by atoms with Crippen molar-refractivity contribution in [3.63, 3.8) is 0 Å². The SMILES string of the molecule is CC[C@@]1(O)C(=O)OCc2c1cc1n(c2=O)Cc2cc3c(CCCCOCNC(=O)[C@H](C)CC(=O)[C@H](C)NC(=O)[C@H](C)CC(=O)CCCCCN4C(=O)CC(C)C4=O)c(C)c(F)cc3nc2-1. The molecule has 0 radical (unpaired) electrons. The van der Waals surface area contributed by atoms with Crippen molar-refractivity contribution in [1.82, 2.24) is 25.1 Å². The third kappa shape index (κ3) is 10.6. The van der Waals surface area contributed by atoms with Crippen molar-refractivity contribution in [2.24, 2.45) is 17.8 Å². The number of ether oxygens (including phenoxy) is 2. The minimum absolute atomic E-state index is 0.0178. The third-order valence-corrected chi connectivity index (χ3v) is 13.0. The summed E-state index contributed by atoms with van der Waals surface area (Å²) < 4.78 is 27.7. The summed E-state index contributed by atoms with van der Waals surface area (Å²) >= 11 is 0. The number of aromatic nitrogens is 2. The number of unbranched alkanes of at least 4 members (excludes halogenated alkanes) is 3. The van der Waals surface area contributed by atoms with Crippen LogP contribution in [0.1, 0.15) is 127 Å². The van der Waals surface area contributed by atoms with Gasteiger partial charge in [-0.2, -0.15) is 0 Å². The number of cyclic esters (lactones) is 1. The summed E-state index contributed by atoms with van der Waals surface area (Å²) in [7, 11) is 0. The van der Waals surface area contributed by atoms with Crippen molar-refractivity contribution >= 4 is 52.1 Å². The van der Waals surface area contributed by atoms with Gasteiger partial charge in [0.15, 0.2) is 11.4 Å². The maximum absolute atomic E-state index is 15.3. The number of benzene rings is 1. The van der Waals surface area contributed by atoms with E-state index in [1.807, 2.05) is 6.07 Å². The number of carbonyl (C=O) groups excluding carboxylic acids is 7. The maximum Gasteiger partial charge on any atom is 0.343 e. The summed E-state index contributed by atoms with van der Waals surface area (Å²) in [6, 6.07) is 4.06. The molecule has 3 aliphatic rings. The van der Waals surface area contributed by atoms with Gasteiger partial charge in [0.1, 0.15) is 24.9 Å². The fourth-order valence-corrected chi connectivity index (χ4v) is 8.85. The highest BCUT2D eigenvalue weighted by Gasteiger charge is 2.45. The second-order valence-corrected chi connectivity index (χ2v) is 17.9. The first-order valence-electron chi connectivity index (χ1n) is 22.7. The highest BCUT2D eigenvalue weighted by Crippen LogP contribution is 2.39. The van der Waals surface area contributed by atoms with E-state index in [0.29, 0.717) is 74.1 Å². The van der Waals surface area contributed by atoms with Gasteiger partial charge in [-0.05, 0) is 75.6 Å². The number of amides is 4. The zero-order valence-electron chi connectivity index (χ0n) is 38.1. The van der Waals surface area contributed by atoms with Crippen LogP contribution in [-0.4, -0.2) is 86.6 Å². The van der Waals surface area contributed by atoms with E-state index < -0.39 is 47.1 Å². The molecule has 2 aromatic heterocycles. The van der Waals surface area contributed by atoms with Crippen LogP contribution in [-0.2, 0) is 68.2 Å². The van der Waals surface area contributed by atoms with Gasteiger partial charge in [-0.3, -0.25) is 38.5 Å². The molecule has 350 valence electrons. The van der Waals surface area contributed by atoms with Gasteiger partial charge < -0.3 is 29.8 Å². The molecule has 1 saturated heterocycles. The van der Waals surface area contributed by atoms with Crippen molar-refractivity contribution in [2.45, 2.75) is 137 Å². The number of halogens is 1. The summed E-state index contributed by atoms with van der Waals surface area (Å²) in [6.07, 6.45) is 4.03. The predicted octanol–water partition coefficient (Wildman–Crippen LogP) is 4.59. The van der Waals surface area contributed by atoms with E-state index in [0.717, 1.165) is 16.5 Å². The lowest BCUT2D eigenvalue weighted by Crippen LogP contribution is -2.44. The summed E-state index contributed by atoms with van der Waals surface area (Å²) in [6.45, 7) is 10.4. The van der Waals surface area contributed by atoms with E-state index in [9.17, 15) is 43.5 Å². The van der Waals surface area contributed by atoms with Gasteiger partial charge in [0.25, 0.3) is 5.56 Å². The molecule has 1 fully saturated rings. The van der Waals surface area contributed by atoms with Crippen LogP contribution in [0.4, 0.5) is 4.39 Å². The highest BCUT2D eigenvalue weighted by atomic mass is 19.1. The van der Waals surface area contributed by atoms with E-state index in [1.54, 1.807) is 47.6 Å². The average Bonchev–Trinajstić information content (AvgIpc) is 3.75. The Kier molecular flexibility index (Phi) is 15.5. The Balaban J connectivity index is 0.899. The normalized spacial score (nSPS) is 19.0. The van der Waals surface area contributed by atoms with Gasteiger partial charge in [-0.1, -0.05) is 34.1 Å². The van der Waals surface area contributed by atoms with E-state index in [-0.39, 0.29) is 98.0 Å². The van der Waals surface area contributed by atoms with Crippen LogP contribution in [0.5, 0.6) is 0 Å². The Labute approximate surface area is 377 Å². The predicted molar refractivity (Wildman–Crippen MR) is 235 cm³/mol.